The Hall–Kier alpha value is -2.46. The Morgan fingerprint density at radius 2 is 1.94 bits per heavy atom. The van der Waals surface area contributed by atoms with Crippen molar-refractivity contribution in [2.75, 3.05) is 49.7 Å². The van der Waals surface area contributed by atoms with E-state index in [0.29, 0.717) is 19.6 Å². The van der Waals surface area contributed by atoms with Crippen molar-refractivity contribution in [1.82, 2.24) is 19.6 Å². The number of nitrogens with zero attached hydrogens (tertiary/aromatic N) is 4. The zero-order chi connectivity index (χ0) is 22.0. The Kier molecular flexibility index (Phi) is 6.29. The van der Waals surface area contributed by atoms with Crippen molar-refractivity contribution >= 4 is 38.3 Å². The first-order valence-corrected chi connectivity index (χ1v) is 12.6. The van der Waals surface area contributed by atoms with Crippen LogP contribution in [0.15, 0.2) is 24.5 Å². The van der Waals surface area contributed by atoms with E-state index in [0.717, 1.165) is 54.6 Å². The Labute approximate surface area is 183 Å². The number of anilines is 2. The van der Waals surface area contributed by atoms with Gasteiger partial charge in [-0.05, 0) is 37.8 Å². The molecule has 1 amide bonds. The van der Waals surface area contributed by atoms with Gasteiger partial charge in [-0.2, -0.15) is 0 Å². The van der Waals surface area contributed by atoms with Gasteiger partial charge in [-0.3, -0.25) is 4.79 Å². The summed E-state index contributed by atoms with van der Waals surface area (Å²) in [6, 6.07) is 4.14. The lowest BCUT2D eigenvalue weighted by atomic mass is 9.97. The molecule has 31 heavy (non-hydrogen) atoms. The Balaban J connectivity index is 1.52. The van der Waals surface area contributed by atoms with Gasteiger partial charge in [0.05, 0.1) is 12.2 Å². The van der Waals surface area contributed by atoms with Crippen molar-refractivity contribution in [3.8, 4) is 0 Å². The van der Waals surface area contributed by atoms with Crippen LogP contribution in [0.5, 0.6) is 0 Å². The molecule has 0 aromatic carbocycles. The molecule has 4 heterocycles. The fourth-order valence-electron chi connectivity index (χ4n) is 4.51. The topological polar surface area (TPSA) is 108 Å². The molecular weight excluding hydrogens is 416 g/mol. The standard InChI is InChI=1S/C21H30N6O3S/c1-22-21(28)16-4-3-9-26(14-16)20-18-12-19(24-13-15(18)5-8-23-20)25-17-6-10-27(11-7-17)31(2,29)30/h5,8,12-13,16-17H,3-4,6-7,9-11,14H2,1-2H3,(H,22,28)(H,24,25). The van der Waals surface area contributed by atoms with Crippen LogP contribution in [0.4, 0.5) is 11.6 Å². The van der Waals surface area contributed by atoms with Crippen LogP contribution in [-0.4, -0.2) is 74.1 Å². The van der Waals surface area contributed by atoms with E-state index in [4.69, 9.17) is 0 Å². The Bertz CT molecular complexity index is 1050. The number of carbonyl (C=O) groups excluding carboxylic acids is 1. The van der Waals surface area contributed by atoms with Gasteiger partial charge in [-0.15, -0.1) is 0 Å². The number of sulfonamides is 1. The molecule has 2 aliphatic heterocycles. The van der Waals surface area contributed by atoms with E-state index >= 15 is 0 Å². The highest BCUT2D eigenvalue weighted by Crippen LogP contribution is 2.30. The van der Waals surface area contributed by atoms with Gasteiger partial charge in [0.2, 0.25) is 15.9 Å². The number of hydrogen-bond donors (Lipinski definition) is 2. The number of aromatic nitrogens is 2. The normalized spacial score (nSPS) is 21.2. The second-order valence-corrected chi connectivity index (χ2v) is 10.4. The van der Waals surface area contributed by atoms with Crippen LogP contribution in [0, 0.1) is 5.92 Å². The molecule has 2 aromatic heterocycles. The summed E-state index contributed by atoms with van der Waals surface area (Å²) in [6.45, 7) is 2.56. The highest BCUT2D eigenvalue weighted by Gasteiger charge is 2.27. The predicted molar refractivity (Wildman–Crippen MR) is 122 cm³/mol. The number of carbonyl (C=O) groups is 1. The van der Waals surface area contributed by atoms with Crippen LogP contribution in [0.25, 0.3) is 10.8 Å². The van der Waals surface area contributed by atoms with Crippen molar-refractivity contribution in [2.45, 2.75) is 31.7 Å². The quantitative estimate of drug-likeness (QED) is 0.715. The third-order valence-electron chi connectivity index (χ3n) is 6.24. The summed E-state index contributed by atoms with van der Waals surface area (Å²) in [5.41, 5.74) is 0. The van der Waals surface area contributed by atoms with Gasteiger partial charge in [-0.25, -0.2) is 22.7 Å². The minimum absolute atomic E-state index is 0.0322. The third kappa shape index (κ3) is 4.90. The van der Waals surface area contributed by atoms with E-state index in [1.54, 1.807) is 13.2 Å². The maximum Gasteiger partial charge on any atom is 0.224 e. The van der Waals surface area contributed by atoms with Crippen LogP contribution in [0.1, 0.15) is 25.7 Å². The molecule has 2 N–H and O–H groups in total. The molecule has 0 bridgehead atoms. The minimum atomic E-state index is -3.13. The predicted octanol–water partition coefficient (Wildman–Crippen LogP) is 1.43. The molecule has 4 rings (SSSR count). The summed E-state index contributed by atoms with van der Waals surface area (Å²) >= 11 is 0. The number of piperidine rings is 2. The average molecular weight is 447 g/mol. The molecule has 0 spiro atoms. The molecule has 168 valence electrons. The van der Waals surface area contributed by atoms with Crippen molar-refractivity contribution in [3.63, 3.8) is 0 Å². The number of hydrogen-bond acceptors (Lipinski definition) is 7. The molecule has 0 saturated carbocycles. The molecular formula is C21H30N6O3S. The monoisotopic (exact) mass is 446 g/mol. The van der Waals surface area contributed by atoms with Gasteiger partial charge in [0.25, 0.3) is 0 Å². The number of nitrogens with one attached hydrogen (secondary N) is 2. The largest absolute Gasteiger partial charge is 0.367 e. The molecule has 1 atom stereocenters. The third-order valence-corrected chi connectivity index (χ3v) is 7.54. The molecule has 1 unspecified atom stereocenters. The maximum atomic E-state index is 12.1. The number of amides is 1. The maximum absolute atomic E-state index is 12.1. The molecule has 0 radical (unpaired) electrons. The molecule has 2 fully saturated rings. The van der Waals surface area contributed by atoms with Gasteiger partial charge >= 0.3 is 0 Å². The summed E-state index contributed by atoms with van der Waals surface area (Å²) in [7, 11) is -1.45. The molecule has 10 heteroatoms. The summed E-state index contributed by atoms with van der Waals surface area (Å²) < 4.78 is 25.0. The van der Waals surface area contributed by atoms with E-state index in [9.17, 15) is 13.2 Å². The SMILES string of the molecule is CNC(=O)C1CCCN(c2nccc3cnc(NC4CCN(S(C)(=O)=O)CC4)cc23)C1. The number of pyridine rings is 2. The van der Waals surface area contributed by atoms with E-state index < -0.39 is 10.0 Å². The number of rotatable bonds is 5. The molecule has 0 aliphatic carbocycles. The fourth-order valence-corrected chi connectivity index (χ4v) is 5.38. The van der Waals surface area contributed by atoms with Gasteiger partial charge in [0.15, 0.2) is 0 Å². The van der Waals surface area contributed by atoms with Crippen molar-refractivity contribution in [2.24, 2.45) is 5.92 Å². The highest BCUT2D eigenvalue weighted by molar-refractivity contribution is 7.88. The summed E-state index contributed by atoms with van der Waals surface area (Å²) in [5.74, 6) is 1.69. The summed E-state index contributed by atoms with van der Waals surface area (Å²) in [4.78, 5) is 23.5. The van der Waals surface area contributed by atoms with Gasteiger partial charge in [0, 0.05) is 62.4 Å². The van der Waals surface area contributed by atoms with E-state index in [1.165, 1.54) is 10.6 Å². The average Bonchev–Trinajstić information content (AvgIpc) is 2.78. The molecule has 2 aliphatic rings. The van der Waals surface area contributed by atoms with Crippen LogP contribution >= 0.6 is 0 Å². The van der Waals surface area contributed by atoms with E-state index in [2.05, 4.69) is 25.5 Å². The molecule has 2 aromatic rings. The lowest BCUT2D eigenvalue weighted by Gasteiger charge is -2.33. The molecule has 9 nitrogen and oxygen atoms in total. The first kappa shape index (κ1) is 21.8. The minimum Gasteiger partial charge on any atom is -0.367 e. The van der Waals surface area contributed by atoms with E-state index in [1.807, 2.05) is 18.3 Å². The zero-order valence-corrected chi connectivity index (χ0v) is 18.9. The lowest BCUT2D eigenvalue weighted by Crippen LogP contribution is -2.42. The summed E-state index contributed by atoms with van der Waals surface area (Å²) in [5, 5.41) is 8.24. The van der Waals surface area contributed by atoms with Crippen molar-refractivity contribution in [1.29, 1.82) is 0 Å². The van der Waals surface area contributed by atoms with Crippen LogP contribution < -0.4 is 15.5 Å². The number of fused-ring (bicyclic) bond motifs is 1. The van der Waals surface area contributed by atoms with Crippen LogP contribution in [0.2, 0.25) is 0 Å². The van der Waals surface area contributed by atoms with E-state index in [-0.39, 0.29) is 17.9 Å². The van der Waals surface area contributed by atoms with Gasteiger partial charge in [0.1, 0.15) is 11.6 Å². The second kappa shape index (κ2) is 8.96. The van der Waals surface area contributed by atoms with Crippen molar-refractivity contribution < 1.29 is 13.2 Å². The first-order valence-electron chi connectivity index (χ1n) is 10.8. The lowest BCUT2D eigenvalue weighted by molar-refractivity contribution is -0.124. The van der Waals surface area contributed by atoms with Crippen molar-refractivity contribution in [3.05, 3.63) is 24.5 Å². The van der Waals surface area contributed by atoms with Gasteiger partial charge in [-0.1, -0.05) is 0 Å². The summed E-state index contributed by atoms with van der Waals surface area (Å²) in [6.07, 6.45) is 8.22. The second-order valence-electron chi connectivity index (χ2n) is 8.41. The van der Waals surface area contributed by atoms with Crippen LogP contribution in [-0.2, 0) is 14.8 Å². The zero-order valence-electron chi connectivity index (χ0n) is 18.0. The Morgan fingerprint density at radius 1 is 1.16 bits per heavy atom. The Morgan fingerprint density at radius 3 is 2.65 bits per heavy atom. The van der Waals surface area contributed by atoms with Crippen LogP contribution in [0.3, 0.4) is 0 Å². The van der Waals surface area contributed by atoms with Gasteiger partial charge < -0.3 is 15.5 Å². The highest BCUT2D eigenvalue weighted by atomic mass is 32.2. The first-order chi connectivity index (χ1) is 14.8. The fraction of sp³-hybridized carbons (Fsp3) is 0.571. The molecule has 2 saturated heterocycles. The smallest absolute Gasteiger partial charge is 0.224 e.